The zero-order valence-corrected chi connectivity index (χ0v) is 10.3. The Morgan fingerprint density at radius 1 is 1.44 bits per heavy atom. The number of carboxylic acid groups (broad SMARTS) is 1. The summed E-state index contributed by atoms with van der Waals surface area (Å²) in [7, 11) is 0. The topological polar surface area (TPSA) is 86.2 Å². The van der Waals surface area contributed by atoms with Crippen molar-refractivity contribution in [2.75, 3.05) is 0 Å². The molecule has 0 amide bonds. The number of aromatic carboxylic acids is 1. The van der Waals surface area contributed by atoms with E-state index in [1.54, 1.807) is 12.1 Å². The lowest BCUT2D eigenvalue weighted by Crippen LogP contribution is -1.95. The van der Waals surface area contributed by atoms with Gasteiger partial charge in [-0.25, -0.2) is 4.79 Å². The molecule has 3 N–H and O–H groups in total. The van der Waals surface area contributed by atoms with Gasteiger partial charge in [0.25, 0.3) is 0 Å². The molecule has 0 radical (unpaired) electrons. The Labute approximate surface area is 108 Å². The van der Waals surface area contributed by atoms with E-state index in [9.17, 15) is 9.90 Å². The quantitative estimate of drug-likeness (QED) is 0.797. The van der Waals surface area contributed by atoms with Crippen LogP contribution in [0.5, 0.6) is 5.75 Å². The number of halogens is 1. The first-order valence-electron chi connectivity index (χ1n) is 5.33. The minimum Gasteiger partial charge on any atom is -0.506 e. The lowest BCUT2D eigenvalue weighted by Gasteiger charge is -2.06. The van der Waals surface area contributed by atoms with E-state index in [2.05, 4.69) is 10.2 Å². The summed E-state index contributed by atoms with van der Waals surface area (Å²) >= 11 is 5.91. The van der Waals surface area contributed by atoms with Crippen molar-refractivity contribution in [3.05, 3.63) is 34.5 Å². The Morgan fingerprint density at radius 3 is 2.72 bits per heavy atom. The van der Waals surface area contributed by atoms with Gasteiger partial charge in [0.05, 0.1) is 10.7 Å². The third kappa shape index (κ3) is 2.17. The Kier molecular flexibility index (Phi) is 3.25. The summed E-state index contributed by atoms with van der Waals surface area (Å²) in [5.74, 6) is -1.21. The first kappa shape index (κ1) is 12.4. The molecule has 1 heterocycles. The molecule has 0 aliphatic heterocycles. The molecule has 94 valence electrons. The molecule has 0 fully saturated rings. The SMILES string of the molecule is CCc1cc(Cl)c(O)c(-c2cc(C(=O)O)[nH]n2)c1. The zero-order valence-electron chi connectivity index (χ0n) is 9.57. The summed E-state index contributed by atoms with van der Waals surface area (Å²) < 4.78 is 0. The summed E-state index contributed by atoms with van der Waals surface area (Å²) in [4.78, 5) is 10.8. The van der Waals surface area contributed by atoms with Gasteiger partial charge in [-0.2, -0.15) is 5.10 Å². The second kappa shape index (κ2) is 4.70. The monoisotopic (exact) mass is 266 g/mol. The van der Waals surface area contributed by atoms with Crippen LogP contribution in [0.25, 0.3) is 11.3 Å². The highest BCUT2D eigenvalue weighted by molar-refractivity contribution is 6.32. The van der Waals surface area contributed by atoms with Gasteiger partial charge in [-0.15, -0.1) is 0 Å². The van der Waals surface area contributed by atoms with Gasteiger partial charge in [0, 0.05) is 5.56 Å². The second-order valence-electron chi connectivity index (χ2n) is 3.80. The molecule has 0 atom stereocenters. The molecule has 1 aromatic heterocycles. The molecule has 1 aromatic carbocycles. The number of hydrogen-bond donors (Lipinski definition) is 3. The van der Waals surface area contributed by atoms with E-state index in [1.807, 2.05) is 6.92 Å². The summed E-state index contributed by atoms with van der Waals surface area (Å²) in [6.45, 7) is 1.96. The average Bonchev–Trinajstić information content (AvgIpc) is 2.82. The number of nitrogens with one attached hydrogen (secondary N) is 1. The van der Waals surface area contributed by atoms with Gasteiger partial charge < -0.3 is 10.2 Å². The Balaban J connectivity index is 2.55. The van der Waals surface area contributed by atoms with Crippen molar-refractivity contribution < 1.29 is 15.0 Å². The number of H-pyrrole nitrogens is 1. The highest BCUT2D eigenvalue weighted by Gasteiger charge is 2.15. The molecule has 0 saturated heterocycles. The van der Waals surface area contributed by atoms with Crippen LogP contribution in [0.3, 0.4) is 0 Å². The number of phenols is 1. The summed E-state index contributed by atoms with van der Waals surface area (Å²) in [5.41, 5.74) is 1.67. The minimum absolute atomic E-state index is 0.0394. The molecule has 18 heavy (non-hydrogen) atoms. The van der Waals surface area contributed by atoms with E-state index < -0.39 is 5.97 Å². The highest BCUT2D eigenvalue weighted by Crippen LogP contribution is 2.35. The van der Waals surface area contributed by atoms with Crippen LogP contribution in [0.4, 0.5) is 0 Å². The standard InChI is InChI=1S/C12H11ClN2O3/c1-2-6-3-7(11(16)8(13)4-6)9-5-10(12(17)18)15-14-9/h3-5,16H,2H2,1H3,(H,14,15)(H,17,18). The van der Waals surface area contributed by atoms with Crippen LogP contribution in [-0.2, 0) is 6.42 Å². The first-order valence-corrected chi connectivity index (χ1v) is 5.71. The average molecular weight is 267 g/mol. The largest absolute Gasteiger partial charge is 0.506 e. The van der Waals surface area contributed by atoms with Gasteiger partial charge in [-0.3, -0.25) is 5.10 Å². The van der Waals surface area contributed by atoms with Gasteiger partial charge in [-0.05, 0) is 30.2 Å². The molecule has 0 saturated carbocycles. The van der Waals surface area contributed by atoms with Crippen LogP contribution >= 0.6 is 11.6 Å². The fraction of sp³-hybridized carbons (Fsp3) is 0.167. The van der Waals surface area contributed by atoms with Gasteiger partial charge in [0.1, 0.15) is 11.4 Å². The molecule has 0 aliphatic carbocycles. The van der Waals surface area contributed by atoms with E-state index in [-0.39, 0.29) is 16.5 Å². The van der Waals surface area contributed by atoms with Crippen molar-refractivity contribution in [2.45, 2.75) is 13.3 Å². The number of hydrogen-bond acceptors (Lipinski definition) is 3. The van der Waals surface area contributed by atoms with Crippen molar-refractivity contribution in [2.24, 2.45) is 0 Å². The van der Waals surface area contributed by atoms with Crippen LogP contribution < -0.4 is 0 Å². The van der Waals surface area contributed by atoms with Gasteiger partial charge in [-0.1, -0.05) is 18.5 Å². The van der Waals surface area contributed by atoms with Crippen molar-refractivity contribution in [1.29, 1.82) is 0 Å². The lowest BCUT2D eigenvalue weighted by molar-refractivity contribution is 0.0690. The molecule has 0 aliphatic rings. The van der Waals surface area contributed by atoms with E-state index in [0.717, 1.165) is 12.0 Å². The fourth-order valence-corrected chi connectivity index (χ4v) is 1.87. The number of carbonyl (C=O) groups is 1. The third-order valence-corrected chi connectivity index (χ3v) is 2.90. The number of aromatic nitrogens is 2. The van der Waals surface area contributed by atoms with Crippen LogP contribution in [0.1, 0.15) is 23.0 Å². The number of benzene rings is 1. The van der Waals surface area contributed by atoms with Gasteiger partial charge in [0.2, 0.25) is 0 Å². The maximum Gasteiger partial charge on any atom is 0.353 e. The minimum atomic E-state index is -1.11. The Hall–Kier alpha value is -2.01. The third-order valence-electron chi connectivity index (χ3n) is 2.62. The first-order chi connectivity index (χ1) is 8.52. The predicted octanol–water partition coefficient (Wildman–Crippen LogP) is 2.70. The summed E-state index contributed by atoms with van der Waals surface area (Å²) in [6, 6.07) is 4.77. The van der Waals surface area contributed by atoms with Crippen LogP contribution in [-0.4, -0.2) is 26.4 Å². The Bertz CT molecular complexity index is 607. The molecule has 6 heteroatoms. The smallest absolute Gasteiger partial charge is 0.353 e. The van der Waals surface area contributed by atoms with E-state index in [4.69, 9.17) is 16.7 Å². The summed E-state index contributed by atoms with van der Waals surface area (Å²) in [6.07, 6.45) is 0.753. The normalized spacial score (nSPS) is 10.6. The molecule has 2 rings (SSSR count). The number of rotatable bonds is 3. The highest BCUT2D eigenvalue weighted by atomic mass is 35.5. The van der Waals surface area contributed by atoms with Crippen molar-refractivity contribution in [3.8, 4) is 17.0 Å². The van der Waals surface area contributed by atoms with Crippen molar-refractivity contribution in [3.63, 3.8) is 0 Å². The van der Waals surface area contributed by atoms with Crippen molar-refractivity contribution >= 4 is 17.6 Å². The number of phenolic OH excluding ortho intramolecular Hbond substituents is 1. The molecule has 0 bridgehead atoms. The van der Waals surface area contributed by atoms with Gasteiger partial charge >= 0.3 is 5.97 Å². The number of aryl methyl sites for hydroxylation is 1. The maximum atomic E-state index is 10.8. The summed E-state index contributed by atoms with van der Waals surface area (Å²) in [5, 5.41) is 25.2. The molecular weight excluding hydrogens is 256 g/mol. The number of carboxylic acids is 1. The van der Waals surface area contributed by atoms with Crippen LogP contribution in [0, 0.1) is 0 Å². The lowest BCUT2D eigenvalue weighted by atomic mass is 10.0. The molecule has 0 spiro atoms. The maximum absolute atomic E-state index is 10.8. The number of aromatic hydroxyl groups is 1. The second-order valence-corrected chi connectivity index (χ2v) is 4.21. The molecule has 0 unspecified atom stereocenters. The van der Waals surface area contributed by atoms with E-state index >= 15 is 0 Å². The predicted molar refractivity (Wildman–Crippen MR) is 67.0 cm³/mol. The molecule has 5 nitrogen and oxygen atoms in total. The van der Waals surface area contributed by atoms with Crippen LogP contribution in [0.2, 0.25) is 5.02 Å². The van der Waals surface area contributed by atoms with Crippen molar-refractivity contribution in [1.82, 2.24) is 10.2 Å². The zero-order chi connectivity index (χ0) is 13.3. The number of nitrogens with zero attached hydrogens (tertiary/aromatic N) is 1. The fourth-order valence-electron chi connectivity index (χ4n) is 1.62. The Morgan fingerprint density at radius 2 is 2.17 bits per heavy atom. The van der Waals surface area contributed by atoms with Crippen LogP contribution in [0.15, 0.2) is 18.2 Å². The molecule has 2 aromatic rings. The number of aromatic amines is 1. The van der Waals surface area contributed by atoms with Gasteiger partial charge in [0.15, 0.2) is 0 Å². The molecular formula is C12H11ClN2O3. The van der Waals surface area contributed by atoms with E-state index in [1.165, 1.54) is 6.07 Å². The van der Waals surface area contributed by atoms with E-state index in [0.29, 0.717) is 11.3 Å².